The van der Waals surface area contributed by atoms with E-state index in [1.54, 1.807) is 0 Å². The molecule has 7 nitrogen and oxygen atoms in total. The number of esters is 3. The predicted octanol–water partition coefficient (Wildman–Crippen LogP) is -0.780. The third kappa shape index (κ3) is 10.5. The van der Waals surface area contributed by atoms with Crippen LogP contribution in [0.25, 0.3) is 0 Å². The molecule has 0 aliphatic heterocycles. The van der Waals surface area contributed by atoms with E-state index in [2.05, 4.69) is 9.47 Å². The van der Waals surface area contributed by atoms with E-state index in [1.165, 1.54) is 20.8 Å². The van der Waals surface area contributed by atoms with Crippen molar-refractivity contribution in [2.75, 3.05) is 13.2 Å². The van der Waals surface area contributed by atoms with Crippen molar-refractivity contribution in [1.29, 1.82) is 0 Å². The molecule has 0 amide bonds. The summed E-state index contributed by atoms with van der Waals surface area (Å²) in [4.78, 5) is 31.6. The minimum absolute atomic E-state index is 0. The Labute approximate surface area is 93.0 Å². The first-order valence-corrected chi connectivity index (χ1v) is 4.35. The Morgan fingerprint density at radius 2 is 1.25 bits per heavy atom. The molecular formula is C9H16O7. The molecule has 0 aliphatic carbocycles. The smallest absolute Gasteiger partial charge is 0.303 e. The molecule has 0 heterocycles. The van der Waals surface area contributed by atoms with Gasteiger partial charge in [0.1, 0.15) is 13.2 Å². The van der Waals surface area contributed by atoms with Crippen LogP contribution in [0.5, 0.6) is 0 Å². The molecule has 0 aromatic carbocycles. The SMILES string of the molecule is CC(=O)OCC(COC(C)=O)OC(C)=O.O. The first kappa shape index (κ1) is 16.8. The summed E-state index contributed by atoms with van der Waals surface area (Å²) < 4.78 is 14.0. The van der Waals surface area contributed by atoms with Crippen LogP contribution >= 0.6 is 0 Å². The monoisotopic (exact) mass is 236 g/mol. The zero-order chi connectivity index (χ0) is 11.8. The number of carbonyl (C=O) groups is 3. The van der Waals surface area contributed by atoms with Crippen LogP contribution in [0.15, 0.2) is 0 Å². The number of hydrogen-bond donors (Lipinski definition) is 0. The Kier molecular flexibility index (Phi) is 9.09. The Balaban J connectivity index is 0. The van der Waals surface area contributed by atoms with Crippen LogP contribution in [0.1, 0.15) is 20.8 Å². The van der Waals surface area contributed by atoms with Gasteiger partial charge in [0.05, 0.1) is 0 Å². The van der Waals surface area contributed by atoms with Crippen LogP contribution in [0.3, 0.4) is 0 Å². The van der Waals surface area contributed by atoms with Crippen molar-refractivity contribution in [3.63, 3.8) is 0 Å². The molecule has 0 aromatic rings. The first-order chi connectivity index (χ1) is 6.91. The molecule has 94 valence electrons. The lowest BCUT2D eigenvalue weighted by molar-refractivity contribution is -0.163. The summed E-state index contributed by atoms with van der Waals surface area (Å²) in [6.07, 6.45) is -0.754. The summed E-state index contributed by atoms with van der Waals surface area (Å²) >= 11 is 0. The van der Waals surface area contributed by atoms with E-state index in [-0.39, 0.29) is 18.7 Å². The van der Waals surface area contributed by atoms with Crippen molar-refractivity contribution >= 4 is 17.9 Å². The van der Waals surface area contributed by atoms with Crippen molar-refractivity contribution in [2.24, 2.45) is 0 Å². The van der Waals surface area contributed by atoms with E-state index in [1.807, 2.05) is 0 Å². The zero-order valence-corrected chi connectivity index (χ0v) is 9.44. The molecular weight excluding hydrogens is 220 g/mol. The molecule has 0 saturated heterocycles. The van der Waals surface area contributed by atoms with Gasteiger partial charge in [-0.25, -0.2) is 0 Å². The van der Waals surface area contributed by atoms with Gasteiger partial charge in [-0.15, -0.1) is 0 Å². The lowest BCUT2D eigenvalue weighted by Crippen LogP contribution is -2.29. The summed E-state index contributed by atoms with van der Waals surface area (Å²) in [5.41, 5.74) is 0. The van der Waals surface area contributed by atoms with Crippen LogP contribution < -0.4 is 0 Å². The predicted molar refractivity (Wildman–Crippen MR) is 52.4 cm³/mol. The fourth-order valence-electron chi connectivity index (χ4n) is 0.771. The topological polar surface area (TPSA) is 110 Å². The largest absolute Gasteiger partial charge is 0.462 e. The van der Waals surface area contributed by atoms with Crippen molar-refractivity contribution in [3.05, 3.63) is 0 Å². The van der Waals surface area contributed by atoms with E-state index in [9.17, 15) is 14.4 Å². The summed E-state index contributed by atoms with van der Waals surface area (Å²) in [7, 11) is 0. The molecule has 0 rings (SSSR count). The molecule has 0 spiro atoms. The van der Waals surface area contributed by atoms with Gasteiger partial charge in [-0.05, 0) is 0 Å². The number of carbonyl (C=O) groups excluding carboxylic acids is 3. The normalized spacial score (nSPS) is 9.00. The van der Waals surface area contributed by atoms with Crippen molar-refractivity contribution in [1.82, 2.24) is 0 Å². The van der Waals surface area contributed by atoms with E-state index < -0.39 is 24.0 Å². The van der Waals surface area contributed by atoms with Crippen LogP contribution in [-0.4, -0.2) is 42.7 Å². The first-order valence-electron chi connectivity index (χ1n) is 4.35. The third-order valence-corrected chi connectivity index (χ3v) is 1.28. The van der Waals surface area contributed by atoms with Gasteiger partial charge in [0, 0.05) is 20.8 Å². The Hall–Kier alpha value is -1.63. The molecule has 0 saturated carbocycles. The molecule has 7 heteroatoms. The van der Waals surface area contributed by atoms with Crippen molar-refractivity contribution in [3.8, 4) is 0 Å². The second-order valence-electron chi connectivity index (χ2n) is 2.84. The minimum atomic E-state index is -0.754. The molecule has 16 heavy (non-hydrogen) atoms. The van der Waals surface area contributed by atoms with Crippen LogP contribution in [0.2, 0.25) is 0 Å². The van der Waals surface area contributed by atoms with Crippen LogP contribution in [0, 0.1) is 0 Å². The third-order valence-electron chi connectivity index (χ3n) is 1.28. The lowest BCUT2D eigenvalue weighted by Gasteiger charge is -2.15. The second kappa shape index (κ2) is 8.66. The maximum absolute atomic E-state index is 10.6. The number of ether oxygens (including phenoxy) is 3. The Morgan fingerprint density at radius 3 is 1.50 bits per heavy atom. The summed E-state index contributed by atoms with van der Waals surface area (Å²) in [5.74, 6) is -1.51. The molecule has 2 N–H and O–H groups in total. The average molecular weight is 236 g/mol. The van der Waals surface area contributed by atoms with Gasteiger partial charge in [-0.2, -0.15) is 0 Å². The highest BCUT2D eigenvalue weighted by Gasteiger charge is 2.15. The Morgan fingerprint density at radius 1 is 0.875 bits per heavy atom. The van der Waals surface area contributed by atoms with Gasteiger partial charge in [0.2, 0.25) is 0 Å². The number of hydrogen-bond acceptors (Lipinski definition) is 6. The van der Waals surface area contributed by atoms with E-state index in [4.69, 9.17) is 4.74 Å². The summed E-state index contributed by atoms with van der Waals surface area (Å²) in [5, 5.41) is 0. The molecule has 0 unspecified atom stereocenters. The quantitative estimate of drug-likeness (QED) is 0.457. The fourth-order valence-corrected chi connectivity index (χ4v) is 0.771. The maximum atomic E-state index is 10.6. The highest BCUT2D eigenvalue weighted by atomic mass is 16.6. The summed E-state index contributed by atoms with van der Waals surface area (Å²) in [6.45, 7) is 3.44. The molecule has 0 bridgehead atoms. The highest BCUT2D eigenvalue weighted by molar-refractivity contribution is 5.67. The van der Waals surface area contributed by atoms with E-state index in [0.717, 1.165) is 0 Å². The molecule has 0 radical (unpaired) electrons. The van der Waals surface area contributed by atoms with Crippen LogP contribution in [-0.2, 0) is 28.6 Å². The van der Waals surface area contributed by atoms with Gasteiger partial charge in [-0.1, -0.05) is 0 Å². The second-order valence-corrected chi connectivity index (χ2v) is 2.84. The zero-order valence-electron chi connectivity index (χ0n) is 9.44. The van der Waals surface area contributed by atoms with Gasteiger partial charge < -0.3 is 19.7 Å². The van der Waals surface area contributed by atoms with Crippen molar-refractivity contribution in [2.45, 2.75) is 26.9 Å². The minimum Gasteiger partial charge on any atom is -0.462 e. The van der Waals surface area contributed by atoms with E-state index >= 15 is 0 Å². The van der Waals surface area contributed by atoms with Gasteiger partial charge in [-0.3, -0.25) is 14.4 Å². The van der Waals surface area contributed by atoms with Crippen molar-refractivity contribution < 1.29 is 34.1 Å². The number of rotatable bonds is 5. The van der Waals surface area contributed by atoms with Gasteiger partial charge in [0.25, 0.3) is 0 Å². The van der Waals surface area contributed by atoms with E-state index in [0.29, 0.717) is 0 Å². The molecule has 0 fully saturated rings. The lowest BCUT2D eigenvalue weighted by atomic mass is 10.4. The fraction of sp³-hybridized carbons (Fsp3) is 0.667. The molecule has 0 aliphatic rings. The maximum Gasteiger partial charge on any atom is 0.303 e. The summed E-state index contributed by atoms with van der Waals surface area (Å²) in [6, 6.07) is 0. The van der Waals surface area contributed by atoms with Gasteiger partial charge >= 0.3 is 17.9 Å². The van der Waals surface area contributed by atoms with Gasteiger partial charge in [0.15, 0.2) is 6.10 Å². The van der Waals surface area contributed by atoms with Crippen LogP contribution in [0.4, 0.5) is 0 Å². The standard InChI is InChI=1S/C9H14O6.H2O/c1-6(10)13-4-9(15-8(3)12)5-14-7(2)11;/h9H,4-5H2,1-3H3;1H2. The Bertz CT molecular complexity index is 230. The molecule has 0 atom stereocenters. The highest BCUT2D eigenvalue weighted by Crippen LogP contribution is 1.97. The average Bonchev–Trinajstić information content (AvgIpc) is 2.08. The molecule has 0 aromatic heterocycles.